The molecule has 0 spiro atoms. The number of carbonyl (C=O) groups excluding carboxylic acids is 2. The second kappa shape index (κ2) is 8.71. The Hall–Kier alpha value is -2.82. The lowest BCUT2D eigenvalue weighted by atomic mass is 10.0. The highest BCUT2D eigenvalue weighted by Gasteiger charge is 2.24. The van der Waals surface area contributed by atoms with E-state index in [0.29, 0.717) is 25.3 Å². The number of likely N-dealkylation sites (tertiary alicyclic amines) is 1. The predicted octanol–water partition coefficient (Wildman–Crippen LogP) is 3.43. The summed E-state index contributed by atoms with van der Waals surface area (Å²) in [6.45, 7) is 5.84. The molecule has 0 saturated carbocycles. The predicted molar refractivity (Wildman–Crippen MR) is 105 cm³/mol. The molecular formula is C22H26N2O3. The van der Waals surface area contributed by atoms with Gasteiger partial charge in [-0.2, -0.15) is 0 Å². The van der Waals surface area contributed by atoms with Crippen molar-refractivity contribution in [1.82, 2.24) is 10.2 Å². The van der Waals surface area contributed by atoms with Crippen LogP contribution in [0.25, 0.3) is 0 Å². The maximum atomic E-state index is 12.6. The van der Waals surface area contributed by atoms with E-state index in [1.54, 1.807) is 24.3 Å². The van der Waals surface area contributed by atoms with E-state index in [2.05, 4.69) is 5.32 Å². The van der Waals surface area contributed by atoms with Crippen LogP contribution in [0.1, 0.15) is 46.0 Å². The Morgan fingerprint density at radius 3 is 2.19 bits per heavy atom. The van der Waals surface area contributed by atoms with Gasteiger partial charge in [-0.1, -0.05) is 17.7 Å². The fraction of sp³-hybridized carbons (Fsp3) is 0.364. The van der Waals surface area contributed by atoms with Gasteiger partial charge in [-0.15, -0.1) is 0 Å². The van der Waals surface area contributed by atoms with Gasteiger partial charge in [0.1, 0.15) is 5.75 Å². The van der Waals surface area contributed by atoms with Gasteiger partial charge in [0.15, 0.2) is 0 Å². The Balaban J connectivity index is 1.50. The van der Waals surface area contributed by atoms with E-state index < -0.39 is 0 Å². The third-order valence-electron chi connectivity index (χ3n) is 4.84. The van der Waals surface area contributed by atoms with Crippen LogP contribution < -0.4 is 10.1 Å². The molecule has 1 aliphatic rings. The molecule has 0 unspecified atom stereocenters. The summed E-state index contributed by atoms with van der Waals surface area (Å²) < 4.78 is 5.40. The number of benzene rings is 2. The molecule has 1 N–H and O–H groups in total. The lowest BCUT2D eigenvalue weighted by Crippen LogP contribution is -2.46. The largest absolute Gasteiger partial charge is 0.494 e. The first-order valence-corrected chi connectivity index (χ1v) is 9.46. The van der Waals surface area contributed by atoms with Crippen molar-refractivity contribution in [3.05, 3.63) is 65.2 Å². The maximum absolute atomic E-state index is 12.6. The van der Waals surface area contributed by atoms with E-state index in [9.17, 15) is 9.59 Å². The molecule has 0 bridgehead atoms. The van der Waals surface area contributed by atoms with E-state index in [1.807, 2.05) is 43.0 Å². The number of hydrogen-bond donors (Lipinski definition) is 1. The lowest BCUT2D eigenvalue weighted by Gasteiger charge is -2.32. The number of nitrogens with one attached hydrogen (secondary N) is 1. The van der Waals surface area contributed by atoms with E-state index in [0.717, 1.165) is 29.7 Å². The van der Waals surface area contributed by atoms with Crippen LogP contribution in [-0.2, 0) is 0 Å². The number of hydrogen-bond acceptors (Lipinski definition) is 3. The van der Waals surface area contributed by atoms with Gasteiger partial charge in [0.05, 0.1) is 6.61 Å². The summed E-state index contributed by atoms with van der Waals surface area (Å²) >= 11 is 0. The normalized spacial score (nSPS) is 14.7. The minimum Gasteiger partial charge on any atom is -0.494 e. The summed E-state index contributed by atoms with van der Waals surface area (Å²) in [6.07, 6.45) is 1.53. The van der Waals surface area contributed by atoms with Gasteiger partial charge in [0.2, 0.25) is 0 Å². The van der Waals surface area contributed by atoms with Crippen molar-refractivity contribution >= 4 is 11.8 Å². The molecule has 1 saturated heterocycles. The van der Waals surface area contributed by atoms with Gasteiger partial charge in [-0.05, 0) is 63.1 Å². The Morgan fingerprint density at radius 1 is 1.00 bits per heavy atom. The first-order valence-electron chi connectivity index (χ1n) is 9.46. The molecule has 2 aromatic rings. The van der Waals surface area contributed by atoms with Crippen LogP contribution in [0.3, 0.4) is 0 Å². The molecule has 1 aliphatic heterocycles. The van der Waals surface area contributed by atoms with Crippen molar-refractivity contribution in [2.75, 3.05) is 19.7 Å². The molecular weight excluding hydrogens is 340 g/mol. The van der Waals surface area contributed by atoms with Crippen molar-refractivity contribution in [3.63, 3.8) is 0 Å². The average molecular weight is 366 g/mol. The van der Waals surface area contributed by atoms with Crippen molar-refractivity contribution in [3.8, 4) is 5.75 Å². The number of rotatable bonds is 5. The summed E-state index contributed by atoms with van der Waals surface area (Å²) in [5.74, 6) is 0.740. The van der Waals surface area contributed by atoms with Gasteiger partial charge in [0.25, 0.3) is 11.8 Å². The zero-order valence-corrected chi connectivity index (χ0v) is 15.9. The Kier molecular flexibility index (Phi) is 6.12. The van der Waals surface area contributed by atoms with Crippen molar-refractivity contribution in [2.24, 2.45) is 0 Å². The molecule has 0 atom stereocenters. The third kappa shape index (κ3) is 4.88. The fourth-order valence-corrected chi connectivity index (χ4v) is 3.24. The highest BCUT2D eigenvalue weighted by Crippen LogP contribution is 2.16. The number of carbonyl (C=O) groups is 2. The van der Waals surface area contributed by atoms with Gasteiger partial charge in [-0.25, -0.2) is 0 Å². The minimum atomic E-state index is -0.0821. The second-order valence-corrected chi connectivity index (χ2v) is 6.86. The highest BCUT2D eigenvalue weighted by atomic mass is 16.5. The SMILES string of the molecule is CCOc1ccc(C(=O)NC2CCN(C(=O)c3ccc(C)cc3)CC2)cc1. The molecule has 5 nitrogen and oxygen atoms in total. The first kappa shape index (κ1) is 19.0. The van der Waals surface area contributed by atoms with Crippen LogP contribution in [0, 0.1) is 6.92 Å². The standard InChI is InChI=1S/C22H26N2O3/c1-3-27-20-10-8-17(9-11-20)21(25)23-19-12-14-24(15-13-19)22(26)18-6-4-16(2)5-7-18/h4-11,19H,3,12-15H2,1-2H3,(H,23,25). The lowest BCUT2D eigenvalue weighted by molar-refractivity contribution is 0.0698. The molecule has 5 heteroatoms. The van der Waals surface area contributed by atoms with Crippen LogP contribution in [0.15, 0.2) is 48.5 Å². The Morgan fingerprint density at radius 2 is 1.59 bits per heavy atom. The molecule has 142 valence electrons. The quantitative estimate of drug-likeness (QED) is 0.882. The zero-order valence-electron chi connectivity index (χ0n) is 15.9. The van der Waals surface area contributed by atoms with Crippen LogP contribution >= 0.6 is 0 Å². The van der Waals surface area contributed by atoms with Gasteiger partial charge < -0.3 is 15.0 Å². The molecule has 1 heterocycles. The molecule has 1 fully saturated rings. The van der Waals surface area contributed by atoms with E-state index in [-0.39, 0.29) is 17.9 Å². The zero-order chi connectivity index (χ0) is 19.2. The Labute approximate surface area is 160 Å². The van der Waals surface area contributed by atoms with Crippen molar-refractivity contribution in [1.29, 1.82) is 0 Å². The van der Waals surface area contributed by atoms with Gasteiger partial charge in [-0.3, -0.25) is 9.59 Å². The molecule has 3 rings (SSSR count). The molecule has 27 heavy (non-hydrogen) atoms. The number of piperidine rings is 1. The molecule has 0 radical (unpaired) electrons. The highest BCUT2D eigenvalue weighted by molar-refractivity contribution is 5.95. The average Bonchev–Trinajstić information content (AvgIpc) is 2.69. The smallest absolute Gasteiger partial charge is 0.253 e. The van der Waals surface area contributed by atoms with E-state index >= 15 is 0 Å². The maximum Gasteiger partial charge on any atom is 0.253 e. The Bertz CT molecular complexity index is 776. The first-order chi connectivity index (χ1) is 13.1. The number of amides is 2. The number of nitrogens with zero attached hydrogens (tertiary/aromatic N) is 1. The van der Waals surface area contributed by atoms with Crippen molar-refractivity contribution in [2.45, 2.75) is 32.7 Å². The molecule has 2 aromatic carbocycles. The topological polar surface area (TPSA) is 58.6 Å². The summed E-state index contributed by atoms with van der Waals surface area (Å²) in [5, 5.41) is 3.08. The number of ether oxygens (including phenoxy) is 1. The third-order valence-corrected chi connectivity index (χ3v) is 4.84. The fourth-order valence-electron chi connectivity index (χ4n) is 3.24. The van der Waals surface area contributed by atoms with E-state index in [1.165, 1.54) is 0 Å². The van der Waals surface area contributed by atoms with Crippen LogP contribution in [0.4, 0.5) is 0 Å². The van der Waals surface area contributed by atoms with E-state index in [4.69, 9.17) is 4.74 Å². The molecule has 0 aliphatic carbocycles. The summed E-state index contributed by atoms with van der Waals surface area (Å²) in [7, 11) is 0. The second-order valence-electron chi connectivity index (χ2n) is 6.86. The summed E-state index contributed by atoms with van der Waals surface area (Å²) in [4.78, 5) is 26.9. The van der Waals surface area contributed by atoms with Crippen LogP contribution in [0.2, 0.25) is 0 Å². The minimum absolute atomic E-state index is 0.0614. The van der Waals surface area contributed by atoms with Crippen LogP contribution in [0.5, 0.6) is 5.75 Å². The molecule has 2 amide bonds. The summed E-state index contributed by atoms with van der Waals surface area (Å²) in [6, 6.07) is 14.9. The van der Waals surface area contributed by atoms with Crippen LogP contribution in [-0.4, -0.2) is 42.5 Å². The van der Waals surface area contributed by atoms with Gasteiger partial charge in [0, 0.05) is 30.3 Å². The summed E-state index contributed by atoms with van der Waals surface area (Å²) in [5.41, 5.74) is 2.48. The van der Waals surface area contributed by atoms with Crippen molar-refractivity contribution < 1.29 is 14.3 Å². The monoisotopic (exact) mass is 366 g/mol. The molecule has 0 aromatic heterocycles. The number of aryl methyl sites for hydroxylation is 1. The van der Waals surface area contributed by atoms with Gasteiger partial charge >= 0.3 is 0 Å².